The number of carboxylic acids is 1. The smallest absolute Gasteiger partial charge is 0.305 e. The van der Waals surface area contributed by atoms with E-state index < -0.39 is 5.97 Å². The molecule has 0 spiro atoms. The molecule has 1 N–H and O–H groups in total. The Kier molecular flexibility index (Phi) is 5.01. The summed E-state index contributed by atoms with van der Waals surface area (Å²) in [5.74, 6) is -1.29. The fraction of sp³-hybridized carbons (Fsp3) is 0.385. The molecule has 1 heterocycles. The molecule has 0 fully saturated rings. The Morgan fingerprint density at radius 2 is 2.16 bits per heavy atom. The van der Waals surface area contributed by atoms with Crippen LogP contribution in [0.25, 0.3) is 0 Å². The number of aromatic nitrogens is 1. The summed E-state index contributed by atoms with van der Waals surface area (Å²) in [6.07, 6.45) is 1.21. The van der Waals surface area contributed by atoms with Gasteiger partial charge in [-0.1, -0.05) is 0 Å². The monoisotopic (exact) mass is 261 g/mol. The highest BCUT2D eigenvalue weighted by Gasteiger charge is 2.20. The summed E-state index contributed by atoms with van der Waals surface area (Å²) in [5.41, 5.74) is 0.580. The van der Waals surface area contributed by atoms with Crippen LogP contribution in [0.1, 0.15) is 36.3 Å². The van der Waals surface area contributed by atoms with Gasteiger partial charge in [0.2, 0.25) is 0 Å². The lowest BCUT2D eigenvalue weighted by atomic mass is 10.2. The Balaban J connectivity index is 2.86. The highest BCUT2D eigenvalue weighted by atomic mass is 16.4. The van der Waals surface area contributed by atoms with Crippen molar-refractivity contribution in [2.75, 3.05) is 6.54 Å². The summed E-state index contributed by atoms with van der Waals surface area (Å²) < 4.78 is 0. The molecule has 6 nitrogen and oxygen atoms in total. The molecule has 100 valence electrons. The summed E-state index contributed by atoms with van der Waals surface area (Å²) in [4.78, 5) is 28.1. The molecule has 19 heavy (non-hydrogen) atoms. The first-order chi connectivity index (χ1) is 8.95. The highest BCUT2D eigenvalue weighted by Crippen LogP contribution is 2.08. The lowest BCUT2D eigenvalue weighted by Crippen LogP contribution is -2.38. The SMILES string of the molecule is CC(C)N(CCC(=O)O)C(=O)c1ccc(C#N)cn1. The van der Waals surface area contributed by atoms with Crippen LogP contribution in [0.5, 0.6) is 0 Å². The molecule has 0 aliphatic heterocycles. The molecule has 0 radical (unpaired) electrons. The minimum absolute atomic E-state index is 0.111. The van der Waals surface area contributed by atoms with Crippen LogP contribution in [0, 0.1) is 11.3 Å². The molecular formula is C13H15N3O3. The van der Waals surface area contributed by atoms with Crippen molar-refractivity contribution in [3.63, 3.8) is 0 Å². The first-order valence-electron chi connectivity index (χ1n) is 5.84. The molecule has 1 aromatic rings. The molecule has 0 aliphatic carbocycles. The minimum Gasteiger partial charge on any atom is -0.481 e. The maximum Gasteiger partial charge on any atom is 0.305 e. The molecule has 0 saturated heterocycles. The number of pyridine rings is 1. The van der Waals surface area contributed by atoms with E-state index in [0.29, 0.717) is 5.56 Å². The average molecular weight is 261 g/mol. The van der Waals surface area contributed by atoms with Crippen LogP contribution in [-0.2, 0) is 4.79 Å². The van der Waals surface area contributed by atoms with Crippen molar-refractivity contribution < 1.29 is 14.7 Å². The molecule has 0 aromatic carbocycles. The largest absolute Gasteiger partial charge is 0.481 e. The van der Waals surface area contributed by atoms with Crippen molar-refractivity contribution in [1.82, 2.24) is 9.88 Å². The molecule has 0 atom stereocenters. The molecule has 1 aromatic heterocycles. The predicted octanol–water partition coefficient (Wildman–Crippen LogP) is 1.28. The maximum atomic E-state index is 12.2. The zero-order valence-electron chi connectivity index (χ0n) is 10.8. The minimum atomic E-state index is -0.953. The fourth-order valence-corrected chi connectivity index (χ4v) is 1.54. The molecule has 1 rings (SSSR count). The van der Waals surface area contributed by atoms with Crippen LogP contribution in [0.2, 0.25) is 0 Å². The third kappa shape index (κ3) is 4.07. The Morgan fingerprint density at radius 1 is 1.47 bits per heavy atom. The van der Waals surface area contributed by atoms with Crippen LogP contribution in [0.15, 0.2) is 18.3 Å². The number of nitrogens with zero attached hydrogens (tertiary/aromatic N) is 3. The van der Waals surface area contributed by atoms with E-state index in [9.17, 15) is 9.59 Å². The van der Waals surface area contributed by atoms with Gasteiger partial charge in [-0.2, -0.15) is 5.26 Å². The summed E-state index contributed by atoms with van der Waals surface area (Å²) in [7, 11) is 0. The zero-order chi connectivity index (χ0) is 14.4. The Bertz CT molecular complexity index is 503. The molecule has 1 amide bonds. The van der Waals surface area contributed by atoms with Crippen molar-refractivity contribution >= 4 is 11.9 Å². The van der Waals surface area contributed by atoms with Crippen molar-refractivity contribution in [2.24, 2.45) is 0 Å². The van der Waals surface area contributed by atoms with Gasteiger partial charge in [0.1, 0.15) is 11.8 Å². The van der Waals surface area contributed by atoms with E-state index in [1.807, 2.05) is 19.9 Å². The van der Waals surface area contributed by atoms with E-state index in [4.69, 9.17) is 10.4 Å². The van der Waals surface area contributed by atoms with Gasteiger partial charge >= 0.3 is 5.97 Å². The standard InChI is InChI=1S/C13H15N3O3/c1-9(2)16(6-5-12(17)18)13(19)11-4-3-10(7-14)8-15-11/h3-4,8-9H,5-6H2,1-2H3,(H,17,18). The number of hydrogen-bond donors (Lipinski definition) is 1. The van der Waals surface area contributed by atoms with Gasteiger partial charge in [0.05, 0.1) is 12.0 Å². The molecule has 0 bridgehead atoms. The number of aliphatic carboxylic acids is 1. The number of nitriles is 1. The summed E-state index contributed by atoms with van der Waals surface area (Å²) in [5, 5.41) is 17.3. The normalized spacial score (nSPS) is 10.0. The van der Waals surface area contributed by atoms with E-state index in [-0.39, 0.29) is 30.6 Å². The Hall–Kier alpha value is -2.42. The average Bonchev–Trinajstić information content (AvgIpc) is 2.38. The van der Waals surface area contributed by atoms with Gasteiger partial charge in [0.25, 0.3) is 5.91 Å². The number of hydrogen-bond acceptors (Lipinski definition) is 4. The second-order valence-electron chi connectivity index (χ2n) is 4.28. The number of carbonyl (C=O) groups is 2. The van der Waals surface area contributed by atoms with Gasteiger partial charge in [-0.05, 0) is 26.0 Å². The van der Waals surface area contributed by atoms with Crippen molar-refractivity contribution in [2.45, 2.75) is 26.3 Å². The van der Waals surface area contributed by atoms with Gasteiger partial charge in [0.15, 0.2) is 0 Å². The molecular weight excluding hydrogens is 246 g/mol. The topological polar surface area (TPSA) is 94.3 Å². The van der Waals surface area contributed by atoms with Crippen molar-refractivity contribution in [3.8, 4) is 6.07 Å². The Morgan fingerprint density at radius 3 is 2.58 bits per heavy atom. The van der Waals surface area contributed by atoms with Crippen LogP contribution >= 0.6 is 0 Å². The lowest BCUT2D eigenvalue weighted by molar-refractivity contribution is -0.137. The van der Waals surface area contributed by atoms with E-state index in [1.54, 1.807) is 0 Å². The van der Waals surface area contributed by atoms with Gasteiger partial charge < -0.3 is 10.0 Å². The van der Waals surface area contributed by atoms with Crippen LogP contribution in [0.3, 0.4) is 0 Å². The maximum absolute atomic E-state index is 12.2. The van der Waals surface area contributed by atoms with Crippen molar-refractivity contribution in [1.29, 1.82) is 5.26 Å². The fourth-order valence-electron chi connectivity index (χ4n) is 1.54. The quantitative estimate of drug-likeness (QED) is 0.861. The molecule has 0 unspecified atom stereocenters. The number of carboxylic acid groups (broad SMARTS) is 1. The van der Waals surface area contributed by atoms with E-state index in [1.165, 1.54) is 23.2 Å². The number of amides is 1. The second-order valence-corrected chi connectivity index (χ2v) is 4.28. The van der Waals surface area contributed by atoms with E-state index in [0.717, 1.165) is 0 Å². The molecule has 6 heteroatoms. The third-order valence-corrected chi connectivity index (χ3v) is 2.56. The van der Waals surface area contributed by atoms with Gasteiger partial charge in [-0.25, -0.2) is 4.98 Å². The summed E-state index contributed by atoms with van der Waals surface area (Å²) in [6, 6.07) is 4.78. The molecule has 0 aliphatic rings. The summed E-state index contributed by atoms with van der Waals surface area (Å²) in [6.45, 7) is 3.75. The van der Waals surface area contributed by atoms with Gasteiger partial charge in [-0.3, -0.25) is 9.59 Å². The first-order valence-corrected chi connectivity index (χ1v) is 5.84. The first kappa shape index (κ1) is 14.6. The third-order valence-electron chi connectivity index (χ3n) is 2.56. The highest BCUT2D eigenvalue weighted by molar-refractivity contribution is 5.92. The zero-order valence-corrected chi connectivity index (χ0v) is 10.8. The molecule has 0 saturated carbocycles. The Labute approximate surface area is 111 Å². The van der Waals surface area contributed by atoms with Gasteiger partial charge in [0, 0.05) is 18.8 Å². The number of rotatable bonds is 5. The van der Waals surface area contributed by atoms with Crippen LogP contribution in [-0.4, -0.2) is 39.5 Å². The van der Waals surface area contributed by atoms with E-state index >= 15 is 0 Å². The van der Waals surface area contributed by atoms with Crippen molar-refractivity contribution in [3.05, 3.63) is 29.6 Å². The van der Waals surface area contributed by atoms with Gasteiger partial charge in [-0.15, -0.1) is 0 Å². The number of carbonyl (C=O) groups excluding carboxylic acids is 1. The lowest BCUT2D eigenvalue weighted by Gasteiger charge is -2.25. The summed E-state index contributed by atoms with van der Waals surface area (Å²) >= 11 is 0. The predicted molar refractivity (Wildman–Crippen MR) is 67.4 cm³/mol. The van der Waals surface area contributed by atoms with Crippen LogP contribution in [0.4, 0.5) is 0 Å². The second kappa shape index (κ2) is 6.50. The van der Waals surface area contributed by atoms with E-state index in [2.05, 4.69) is 4.98 Å². The van der Waals surface area contributed by atoms with Crippen LogP contribution < -0.4 is 0 Å².